The highest BCUT2D eigenvalue weighted by Crippen LogP contribution is 2.38. The van der Waals surface area contributed by atoms with Gasteiger partial charge in [0.25, 0.3) is 5.91 Å². The van der Waals surface area contributed by atoms with E-state index in [0.717, 1.165) is 12.0 Å². The van der Waals surface area contributed by atoms with Crippen molar-refractivity contribution < 1.29 is 23.4 Å². The molecule has 3 heterocycles. The monoisotopic (exact) mass is 391 g/mol. The smallest absolute Gasteiger partial charge is 0.387 e. The third-order valence-corrected chi connectivity index (χ3v) is 5.31. The lowest BCUT2D eigenvalue weighted by Gasteiger charge is -2.51. The number of alkyl halides is 2. The van der Waals surface area contributed by atoms with Crippen LogP contribution in [0.15, 0.2) is 41.3 Å². The van der Waals surface area contributed by atoms with Crippen molar-refractivity contribution in [3.63, 3.8) is 0 Å². The van der Waals surface area contributed by atoms with Crippen LogP contribution >= 0.6 is 0 Å². The fourth-order valence-corrected chi connectivity index (χ4v) is 4.06. The van der Waals surface area contributed by atoms with E-state index in [1.54, 1.807) is 19.2 Å². The molecule has 2 aliphatic rings. The molecule has 0 bridgehead atoms. The first-order valence-electron chi connectivity index (χ1n) is 8.93. The molecule has 2 aliphatic heterocycles. The van der Waals surface area contributed by atoms with Crippen molar-refractivity contribution in [2.45, 2.75) is 38.1 Å². The Hall–Kier alpha value is -3.10. The lowest BCUT2D eigenvalue weighted by molar-refractivity contribution is -0.0499. The van der Waals surface area contributed by atoms with Crippen molar-refractivity contribution in [3.8, 4) is 11.5 Å². The van der Waals surface area contributed by atoms with Gasteiger partial charge in [-0.25, -0.2) is 0 Å². The molecule has 7 nitrogen and oxygen atoms in total. The van der Waals surface area contributed by atoms with Crippen molar-refractivity contribution in [1.82, 2.24) is 9.58 Å². The second-order valence-corrected chi connectivity index (χ2v) is 6.90. The van der Waals surface area contributed by atoms with E-state index >= 15 is 0 Å². The number of nitrogens with zero attached hydrogens (tertiary/aromatic N) is 3. The highest BCUT2D eigenvalue weighted by molar-refractivity contribution is 5.96. The van der Waals surface area contributed by atoms with Crippen molar-refractivity contribution in [3.05, 3.63) is 58.0 Å². The number of pyridine rings is 1. The predicted octanol–water partition coefficient (Wildman–Crippen LogP) is 2.43. The third kappa shape index (κ3) is 2.87. The maximum absolute atomic E-state index is 12.7. The quantitative estimate of drug-likeness (QED) is 0.870. The van der Waals surface area contributed by atoms with Gasteiger partial charge < -0.3 is 14.7 Å². The molecule has 0 spiro atoms. The minimum Gasteiger partial charge on any atom is -0.502 e. The number of aromatic nitrogens is 1. The molecule has 1 saturated heterocycles. The van der Waals surface area contributed by atoms with Gasteiger partial charge in [0.1, 0.15) is 11.9 Å². The van der Waals surface area contributed by atoms with Crippen molar-refractivity contribution >= 4 is 5.91 Å². The molecule has 0 saturated carbocycles. The average molecular weight is 391 g/mol. The van der Waals surface area contributed by atoms with Gasteiger partial charge in [-0.1, -0.05) is 12.1 Å². The molecule has 1 fully saturated rings. The summed E-state index contributed by atoms with van der Waals surface area (Å²) in [7, 11) is 1.62. The number of amides is 1. The van der Waals surface area contributed by atoms with E-state index in [-0.39, 0.29) is 23.7 Å². The molecule has 148 valence electrons. The molecule has 28 heavy (non-hydrogen) atoms. The van der Waals surface area contributed by atoms with Gasteiger partial charge in [-0.3, -0.25) is 19.3 Å². The minimum absolute atomic E-state index is 0.0547. The molecule has 2 unspecified atom stereocenters. The molecule has 1 N–H and O–H groups in total. The van der Waals surface area contributed by atoms with Gasteiger partial charge in [-0.15, -0.1) is 0 Å². The topological polar surface area (TPSA) is 75.0 Å². The number of benzene rings is 1. The Morgan fingerprint density at radius 1 is 1.21 bits per heavy atom. The van der Waals surface area contributed by atoms with Crippen LogP contribution in [-0.2, 0) is 0 Å². The zero-order valence-corrected chi connectivity index (χ0v) is 15.1. The summed E-state index contributed by atoms with van der Waals surface area (Å²) in [6, 6.07) is 7.41. The number of hydrogen-bond donors (Lipinski definition) is 1. The Morgan fingerprint density at radius 2 is 2.00 bits per heavy atom. The third-order valence-electron chi connectivity index (χ3n) is 5.31. The predicted molar refractivity (Wildman–Crippen MR) is 96.1 cm³/mol. The SMILES string of the molecule is CN1C(=O)c2c(O)c(=O)ccn2N2C(c3cccc(OC(F)F)c3)CCCC12. The highest BCUT2D eigenvalue weighted by Gasteiger charge is 2.42. The maximum Gasteiger partial charge on any atom is 0.387 e. The van der Waals surface area contributed by atoms with Crippen molar-refractivity contribution in [1.29, 1.82) is 0 Å². The summed E-state index contributed by atoms with van der Waals surface area (Å²) < 4.78 is 31.2. The Morgan fingerprint density at radius 3 is 2.75 bits per heavy atom. The summed E-state index contributed by atoms with van der Waals surface area (Å²) in [4.78, 5) is 26.1. The highest BCUT2D eigenvalue weighted by atomic mass is 19.3. The Labute approximate surface area is 159 Å². The minimum atomic E-state index is -2.92. The standard InChI is InChI=1S/C19H19F2N3O4/c1-22-15-7-3-6-13(11-4-2-5-12(10-11)28-19(20)21)24(15)23-9-8-14(25)17(26)16(23)18(22)27/h2,4-5,8-10,13,15,19,26H,3,6-7H2,1H3. The van der Waals surface area contributed by atoms with Crippen LogP contribution in [0.25, 0.3) is 0 Å². The second kappa shape index (κ2) is 6.81. The fourth-order valence-electron chi connectivity index (χ4n) is 4.06. The average Bonchev–Trinajstić information content (AvgIpc) is 2.67. The van der Waals surface area contributed by atoms with E-state index in [4.69, 9.17) is 0 Å². The van der Waals surface area contributed by atoms with E-state index in [1.807, 2.05) is 11.1 Å². The van der Waals surface area contributed by atoms with Gasteiger partial charge in [0, 0.05) is 19.3 Å². The largest absolute Gasteiger partial charge is 0.502 e. The summed E-state index contributed by atoms with van der Waals surface area (Å²) in [5, 5.41) is 12.1. The van der Waals surface area contributed by atoms with Gasteiger partial charge in [0.05, 0.1) is 6.04 Å². The summed E-state index contributed by atoms with van der Waals surface area (Å²) in [5.41, 5.74) is 0.0141. The van der Waals surface area contributed by atoms with E-state index in [1.165, 1.54) is 27.9 Å². The number of carbonyl (C=O) groups excluding carboxylic acids is 1. The van der Waals surface area contributed by atoms with E-state index in [2.05, 4.69) is 4.74 Å². The summed E-state index contributed by atoms with van der Waals surface area (Å²) in [6.07, 6.45) is 3.42. The number of aromatic hydroxyl groups is 1. The molecule has 9 heteroatoms. The lowest BCUT2D eigenvalue weighted by Crippen LogP contribution is -2.62. The lowest BCUT2D eigenvalue weighted by atomic mass is 9.93. The van der Waals surface area contributed by atoms with Crippen LogP contribution in [0.4, 0.5) is 8.78 Å². The van der Waals surface area contributed by atoms with Crippen LogP contribution in [0.2, 0.25) is 0 Å². The first kappa shape index (κ1) is 18.3. The fraction of sp³-hybridized carbons (Fsp3) is 0.368. The maximum atomic E-state index is 12.7. The molecule has 4 rings (SSSR count). The number of rotatable bonds is 3. The zero-order chi connectivity index (χ0) is 20.0. The van der Waals surface area contributed by atoms with Crippen LogP contribution < -0.4 is 15.2 Å². The molecule has 0 aliphatic carbocycles. The van der Waals surface area contributed by atoms with Crippen molar-refractivity contribution in [2.75, 3.05) is 12.1 Å². The van der Waals surface area contributed by atoms with E-state index in [9.17, 15) is 23.5 Å². The molecule has 2 atom stereocenters. The first-order chi connectivity index (χ1) is 13.4. The number of carbonyl (C=O) groups is 1. The summed E-state index contributed by atoms with van der Waals surface area (Å²) >= 11 is 0. The molecule has 1 aromatic heterocycles. The van der Waals surface area contributed by atoms with Gasteiger partial charge >= 0.3 is 6.61 Å². The Kier molecular flexibility index (Phi) is 4.44. The first-order valence-corrected chi connectivity index (χ1v) is 8.93. The van der Waals surface area contributed by atoms with Crippen molar-refractivity contribution in [2.24, 2.45) is 0 Å². The number of hydrogen-bond acceptors (Lipinski definition) is 5. The van der Waals surface area contributed by atoms with Gasteiger partial charge in [0.15, 0.2) is 11.4 Å². The summed E-state index contributed by atoms with van der Waals surface area (Å²) in [5.74, 6) is -0.983. The van der Waals surface area contributed by atoms with Gasteiger partial charge in [0.2, 0.25) is 5.43 Å². The normalized spacial score (nSPS) is 21.5. The molecule has 1 aromatic carbocycles. The second-order valence-electron chi connectivity index (χ2n) is 6.90. The summed E-state index contributed by atoms with van der Waals surface area (Å²) in [6.45, 7) is -2.92. The van der Waals surface area contributed by atoms with Gasteiger partial charge in [-0.2, -0.15) is 8.78 Å². The molecule has 2 aromatic rings. The van der Waals surface area contributed by atoms with E-state index in [0.29, 0.717) is 12.8 Å². The van der Waals surface area contributed by atoms with Crippen LogP contribution in [0.1, 0.15) is 41.4 Å². The molecule has 0 radical (unpaired) electrons. The number of halogens is 2. The van der Waals surface area contributed by atoms with Crippen LogP contribution in [0, 0.1) is 0 Å². The number of piperidine rings is 1. The molecular formula is C19H19F2N3O4. The molecule has 1 amide bonds. The number of ether oxygens (including phenoxy) is 1. The van der Waals surface area contributed by atoms with Gasteiger partial charge in [-0.05, 0) is 37.0 Å². The van der Waals surface area contributed by atoms with Crippen LogP contribution in [0.3, 0.4) is 0 Å². The zero-order valence-electron chi connectivity index (χ0n) is 15.1. The molecular weight excluding hydrogens is 372 g/mol. The number of fused-ring (bicyclic) bond motifs is 3. The Bertz CT molecular complexity index is 978. The van der Waals surface area contributed by atoms with E-state index < -0.39 is 23.7 Å². The Balaban J connectivity index is 1.82. The van der Waals surface area contributed by atoms with Crippen LogP contribution in [0.5, 0.6) is 11.5 Å². The van der Waals surface area contributed by atoms with Crippen LogP contribution in [-0.4, -0.2) is 40.4 Å².